The molecule has 0 aromatic heterocycles. The lowest BCUT2D eigenvalue weighted by atomic mass is 9.86. The van der Waals surface area contributed by atoms with E-state index in [4.69, 9.17) is 18.9 Å². The van der Waals surface area contributed by atoms with Crippen LogP contribution in [0.2, 0.25) is 0 Å². The minimum Gasteiger partial charge on any atom is -0.507 e. The van der Waals surface area contributed by atoms with Crippen LogP contribution in [0.25, 0.3) is 0 Å². The van der Waals surface area contributed by atoms with E-state index in [0.717, 1.165) is 11.1 Å². The summed E-state index contributed by atoms with van der Waals surface area (Å²) in [5.74, 6) is -0.720. The number of rotatable bonds is 5. The van der Waals surface area contributed by atoms with Gasteiger partial charge >= 0.3 is 0 Å². The van der Waals surface area contributed by atoms with Gasteiger partial charge in [-0.2, -0.15) is 0 Å². The van der Waals surface area contributed by atoms with Crippen molar-refractivity contribution < 1.29 is 29.2 Å². The predicted octanol–water partition coefficient (Wildman–Crippen LogP) is 3.93. The van der Waals surface area contributed by atoms with Crippen molar-refractivity contribution in [3.63, 3.8) is 0 Å². The van der Waals surface area contributed by atoms with Gasteiger partial charge in [-0.05, 0) is 42.5 Å². The first kappa shape index (κ1) is 24.8. The Morgan fingerprint density at radius 3 is 2.59 bits per heavy atom. The lowest BCUT2D eigenvalue weighted by molar-refractivity contribution is -0.368. The highest BCUT2D eigenvalue weighted by atomic mass is 16.8. The molecule has 0 aliphatic carbocycles. The summed E-state index contributed by atoms with van der Waals surface area (Å²) >= 11 is 0. The normalized spacial score (nSPS) is 29.2. The number of phenols is 1. The molecule has 0 amide bonds. The molecule has 2 N–H and O–H groups in total. The zero-order valence-electron chi connectivity index (χ0n) is 20.5. The summed E-state index contributed by atoms with van der Waals surface area (Å²) in [5.41, 5.74) is 2.54. The lowest BCUT2D eigenvalue weighted by Gasteiger charge is -2.48. The summed E-state index contributed by atoms with van der Waals surface area (Å²) in [6.45, 7) is 10.5. The maximum atomic E-state index is 11.3. The predicted molar refractivity (Wildman–Crippen MR) is 129 cm³/mol. The maximum absolute atomic E-state index is 11.3. The Labute approximate surface area is 201 Å². The lowest BCUT2D eigenvalue weighted by Crippen LogP contribution is -2.64. The highest BCUT2D eigenvalue weighted by Gasteiger charge is 2.51. The number of benzene rings is 2. The van der Waals surface area contributed by atoms with Crippen LogP contribution in [0.3, 0.4) is 0 Å². The van der Waals surface area contributed by atoms with Crippen LogP contribution in [-0.4, -0.2) is 59.5 Å². The molecule has 34 heavy (non-hydrogen) atoms. The quantitative estimate of drug-likeness (QED) is 0.645. The zero-order valence-corrected chi connectivity index (χ0v) is 20.5. The van der Waals surface area contributed by atoms with Crippen molar-refractivity contribution in [1.82, 2.24) is 0 Å². The summed E-state index contributed by atoms with van der Waals surface area (Å²) in [4.78, 5) is 4.65. The van der Waals surface area contributed by atoms with Crippen LogP contribution in [0, 0.1) is 0 Å². The second kappa shape index (κ2) is 9.76. The largest absolute Gasteiger partial charge is 0.507 e. The first-order chi connectivity index (χ1) is 16.0. The molecule has 0 saturated carbocycles. The average Bonchev–Trinajstić information content (AvgIpc) is 2.78. The van der Waals surface area contributed by atoms with Gasteiger partial charge in [0.25, 0.3) is 0 Å². The van der Waals surface area contributed by atoms with Crippen LogP contribution in [0.1, 0.15) is 51.3 Å². The molecule has 7 heteroatoms. The molecule has 2 aliphatic heterocycles. The Morgan fingerprint density at radius 2 is 1.88 bits per heavy atom. The molecule has 2 aromatic carbocycles. The number of ether oxygens (including phenoxy) is 4. The first-order valence-electron chi connectivity index (χ1n) is 11.7. The van der Waals surface area contributed by atoms with E-state index < -0.39 is 36.4 Å². The van der Waals surface area contributed by atoms with Gasteiger partial charge in [0.15, 0.2) is 12.1 Å². The molecule has 2 aromatic rings. The van der Waals surface area contributed by atoms with Gasteiger partial charge in [0.1, 0.15) is 30.1 Å². The van der Waals surface area contributed by atoms with Crippen LogP contribution < -0.4 is 0 Å². The van der Waals surface area contributed by atoms with Crippen molar-refractivity contribution in [2.24, 2.45) is 4.99 Å². The smallest absolute Gasteiger partial charge is 0.183 e. The van der Waals surface area contributed by atoms with Crippen molar-refractivity contribution in [2.45, 2.75) is 83.1 Å². The third-order valence-electron chi connectivity index (χ3n) is 6.19. The van der Waals surface area contributed by atoms with Crippen LogP contribution in [0.15, 0.2) is 53.5 Å². The minimum absolute atomic E-state index is 0.0835. The standard InChI is InChI=1S/C27H35NO6/c1-26(2,3)19-11-12-20(29)18(13-19)14-28-22-23(30)24-21(16-32-27(4,5)34-24)33-25(22)31-15-17-9-7-6-8-10-17/h6-14,21-25,29-30H,15-16H2,1-5H3/t21-,22-,23-,24-,25+/m1/s1. The molecule has 0 spiro atoms. The number of aliphatic hydroxyl groups excluding tert-OH is 1. The van der Waals surface area contributed by atoms with Gasteiger partial charge in [0.2, 0.25) is 0 Å². The van der Waals surface area contributed by atoms with Gasteiger partial charge in [-0.25, -0.2) is 0 Å². The van der Waals surface area contributed by atoms with Crippen molar-refractivity contribution >= 4 is 6.21 Å². The third-order valence-corrected chi connectivity index (χ3v) is 6.19. The van der Waals surface area contributed by atoms with E-state index in [1.165, 1.54) is 0 Å². The molecular formula is C27H35NO6. The number of aromatic hydroxyl groups is 1. The molecular weight excluding hydrogens is 434 g/mol. The third kappa shape index (κ3) is 5.67. The fraction of sp³-hybridized carbons (Fsp3) is 0.519. The van der Waals surface area contributed by atoms with E-state index in [1.807, 2.05) is 56.3 Å². The summed E-state index contributed by atoms with van der Waals surface area (Å²) in [6, 6.07) is 14.5. The number of nitrogens with zero attached hydrogens (tertiary/aromatic N) is 1. The molecule has 2 saturated heterocycles. The molecule has 5 atom stereocenters. The Morgan fingerprint density at radius 1 is 1.15 bits per heavy atom. The molecule has 2 aliphatic rings. The molecule has 0 radical (unpaired) electrons. The van der Waals surface area contributed by atoms with Crippen LogP contribution >= 0.6 is 0 Å². The Bertz CT molecular complexity index is 1000. The fourth-order valence-electron chi connectivity index (χ4n) is 4.17. The number of hydrogen-bond acceptors (Lipinski definition) is 7. The molecule has 0 unspecified atom stereocenters. The van der Waals surface area contributed by atoms with Crippen molar-refractivity contribution in [2.75, 3.05) is 6.61 Å². The summed E-state index contributed by atoms with van der Waals surface area (Å²) in [5, 5.41) is 21.7. The monoisotopic (exact) mass is 469 g/mol. The summed E-state index contributed by atoms with van der Waals surface area (Å²) < 4.78 is 24.0. The number of fused-ring (bicyclic) bond motifs is 1. The first-order valence-corrected chi connectivity index (χ1v) is 11.7. The highest BCUT2D eigenvalue weighted by molar-refractivity contribution is 5.84. The van der Waals surface area contributed by atoms with E-state index in [-0.39, 0.29) is 17.8 Å². The van der Waals surface area contributed by atoms with Gasteiger partial charge in [0, 0.05) is 11.8 Å². The van der Waals surface area contributed by atoms with Crippen molar-refractivity contribution in [1.29, 1.82) is 0 Å². The maximum Gasteiger partial charge on any atom is 0.183 e. The molecule has 2 heterocycles. The Balaban J connectivity index is 1.60. The molecule has 184 valence electrons. The van der Waals surface area contributed by atoms with Gasteiger partial charge in [0.05, 0.1) is 13.2 Å². The van der Waals surface area contributed by atoms with E-state index in [9.17, 15) is 10.2 Å². The van der Waals surface area contributed by atoms with E-state index >= 15 is 0 Å². The molecule has 4 rings (SSSR count). The summed E-state index contributed by atoms with van der Waals surface area (Å²) in [7, 11) is 0. The molecule has 7 nitrogen and oxygen atoms in total. The van der Waals surface area contributed by atoms with Gasteiger partial charge < -0.3 is 29.2 Å². The van der Waals surface area contributed by atoms with Gasteiger partial charge in [-0.1, -0.05) is 57.2 Å². The average molecular weight is 470 g/mol. The van der Waals surface area contributed by atoms with Gasteiger partial charge in [-0.3, -0.25) is 4.99 Å². The Hall–Kier alpha value is -2.29. The van der Waals surface area contributed by atoms with E-state index in [0.29, 0.717) is 12.2 Å². The number of aliphatic imine (C=N–C) groups is 1. The van der Waals surface area contributed by atoms with Gasteiger partial charge in [-0.15, -0.1) is 0 Å². The topological polar surface area (TPSA) is 89.7 Å². The fourth-order valence-corrected chi connectivity index (χ4v) is 4.17. The SMILES string of the molecule is CC1(C)OC[C@H]2O[C@H](OCc3ccccc3)[C@H](N=Cc3cc(C(C)(C)C)ccc3O)[C@@H](O)[C@@H]2O1. The zero-order chi connectivity index (χ0) is 24.5. The van der Waals surface area contributed by atoms with Crippen molar-refractivity contribution in [3.8, 4) is 5.75 Å². The minimum atomic E-state index is -0.980. The van der Waals surface area contributed by atoms with Crippen LogP contribution in [0.4, 0.5) is 0 Å². The van der Waals surface area contributed by atoms with Crippen LogP contribution in [-0.2, 0) is 31.0 Å². The molecule has 2 fully saturated rings. The number of phenolic OH excluding ortho intramolecular Hbond substituents is 1. The van der Waals surface area contributed by atoms with E-state index in [2.05, 4.69) is 25.8 Å². The van der Waals surface area contributed by atoms with E-state index in [1.54, 1.807) is 12.3 Å². The van der Waals surface area contributed by atoms with Crippen molar-refractivity contribution in [3.05, 3.63) is 65.2 Å². The number of aliphatic hydroxyl groups is 1. The summed E-state index contributed by atoms with van der Waals surface area (Å²) in [6.07, 6.45) is -1.31. The van der Waals surface area contributed by atoms with Crippen LogP contribution in [0.5, 0.6) is 5.75 Å². The Kier molecular flexibility index (Phi) is 7.12. The second-order valence-corrected chi connectivity index (χ2v) is 10.4. The number of hydrogen-bond donors (Lipinski definition) is 2. The second-order valence-electron chi connectivity index (χ2n) is 10.4. The highest BCUT2D eigenvalue weighted by Crippen LogP contribution is 2.34. The molecule has 0 bridgehead atoms.